The molecule has 2 unspecified atom stereocenters. The molecule has 0 aromatic heterocycles. The summed E-state index contributed by atoms with van der Waals surface area (Å²) in [4.78, 5) is 35.7. The first-order valence-electron chi connectivity index (χ1n) is 10.9. The molecular weight excluding hydrogens is 474 g/mol. The van der Waals surface area contributed by atoms with E-state index in [1.54, 1.807) is 60.7 Å². The molecule has 3 rings (SSSR count). The number of anilines is 1. The number of benzene rings is 3. The molecule has 0 bridgehead atoms. The van der Waals surface area contributed by atoms with Gasteiger partial charge in [-0.25, -0.2) is 9.59 Å². The Balaban J connectivity index is 1.72. The Labute approximate surface area is 205 Å². The minimum absolute atomic E-state index is 0.0910. The Kier molecular flexibility index (Phi) is 8.69. The van der Waals surface area contributed by atoms with E-state index in [2.05, 4.69) is 5.32 Å². The zero-order chi connectivity index (χ0) is 26.1. The van der Waals surface area contributed by atoms with Crippen LogP contribution in [0.15, 0.2) is 84.9 Å². The van der Waals surface area contributed by atoms with Gasteiger partial charge in [0.15, 0.2) is 0 Å². The maximum Gasteiger partial charge on any atom is 0.407 e. The van der Waals surface area contributed by atoms with Crippen molar-refractivity contribution in [3.05, 3.63) is 102 Å². The molecule has 0 aliphatic carbocycles. The van der Waals surface area contributed by atoms with Crippen LogP contribution in [0.4, 0.5) is 19.3 Å². The third kappa shape index (κ3) is 7.09. The van der Waals surface area contributed by atoms with Crippen molar-refractivity contribution in [3.63, 3.8) is 0 Å². The van der Waals surface area contributed by atoms with Gasteiger partial charge in [-0.2, -0.15) is 8.78 Å². The first-order chi connectivity index (χ1) is 17.2. The number of nitrogens with one attached hydrogen (secondary N) is 2. The zero-order valence-corrected chi connectivity index (χ0v) is 18.9. The van der Waals surface area contributed by atoms with E-state index in [9.17, 15) is 19.5 Å². The van der Waals surface area contributed by atoms with Gasteiger partial charge in [0.25, 0.3) is 5.91 Å². The molecule has 0 heterocycles. The number of carboxylic acid groups (broad SMARTS) is 1. The van der Waals surface area contributed by atoms with Crippen LogP contribution >= 0.6 is 0 Å². The number of aromatic carboxylic acids is 1. The van der Waals surface area contributed by atoms with E-state index in [1.807, 2.05) is 5.32 Å². The number of carbonyl (C=O) groups excluding carboxylic acids is 2. The monoisotopic (exact) mass is 498 g/mol. The largest absolute Gasteiger partial charge is 0.478 e. The lowest BCUT2D eigenvalue weighted by Crippen LogP contribution is -2.57. The predicted octanol–water partition coefficient (Wildman–Crippen LogP) is 3.86. The average Bonchev–Trinajstić information content (AvgIpc) is 2.88. The van der Waals surface area contributed by atoms with Crippen molar-refractivity contribution in [2.75, 3.05) is 5.32 Å². The highest BCUT2D eigenvalue weighted by Crippen LogP contribution is 2.26. The minimum atomic E-state index is -4.32. The second-order valence-corrected chi connectivity index (χ2v) is 7.91. The third-order valence-corrected chi connectivity index (χ3v) is 5.26. The van der Waals surface area contributed by atoms with E-state index in [1.165, 1.54) is 0 Å². The minimum Gasteiger partial charge on any atom is -0.478 e. The fourth-order valence-corrected chi connectivity index (χ4v) is 3.32. The molecule has 10 heteroatoms. The number of alkyl carbamates (subject to hydrolysis) is 1. The van der Waals surface area contributed by atoms with E-state index in [0.717, 1.165) is 24.3 Å². The molecule has 2 atom stereocenters. The molecular formula is C26H24F2N2O6. The van der Waals surface area contributed by atoms with Crippen LogP contribution in [0.25, 0.3) is 0 Å². The van der Waals surface area contributed by atoms with Crippen LogP contribution in [-0.4, -0.2) is 46.3 Å². The summed E-state index contributed by atoms with van der Waals surface area (Å²) in [6.45, 7) is -0.121. The summed E-state index contributed by atoms with van der Waals surface area (Å²) >= 11 is 0. The topological polar surface area (TPSA) is 125 Å². The molecule has 0 saturated carbocycles. The number of alkyl halides is 2. The first kappa shape index (κ1) is 26.3. The summed E-state index contributed by atoms with van der Waals surface area (Å²) in [6.07, 6.45) is -3.86. The Morgan fingerprint density at radius 1 is 0.861 bits per heavy atom. The molecule has 2 amide bonds. The summed E-state index contributed by atoms with van der Waals surface area (Å²) in [5.41, 5.74) is 1.02. The van der Waals surface area contributed by atoms with E-state index in [0.29, 0.717) is 11.1 Å². The highest BCUT2D eigenvalue weighted by molar-refractivity contribution is 5.97. The van der Waals surface area contributed by atoms with Gasteiger partial charge >= 0.3 is 18.0 Å². The Hall–Kier alpha value is -4.31. The third-order valence-electron chi connectivity index (χ3n) is 5.26. The van der Waals surface area contributed by atoms with Crippen molar-refractivity contribution < 1.29 is 38.1 Å². The quantitative estimate of drug-likeness (QED) is 0.337. The molecule has 36 heavy (non-hydrogen) atoms. The number of aliphatic hydroxyl groups is 1. The molecule has 3 aromatic rings. The van der Waals surface area contributed by atoms with Crippen LogP contribution in [0.2, 0.25) is 0 Å². The molecule has 8 nitrogen and oxygen atoms in total. The van der Waals surface area contributed by atoms with Crippen molar-refractivity contribution in [3.8, 4) is 0 Å². The lowest BCUT2D eigenvalue weighted by atomic mass is 9.96. The second kappa shape index (κ2) is 11.9. The number of hydrogen-bond donors (Lipinski definition) is 4. The lowest BCUT2D eigenvalue weighted by molar-refractivity contribution is -0.160. The average molecular weight is 498 g/mol. The molecule has 0 spiro atoms. The highest BCUT2D eigenvalue weighted by Gasteiger charge is 2.50. The van der Waals surface area contributed by atoms with E-state index >= 15 is 8.78 Å². The van der Waals surface area contributed by atoms with E-state index in [4.69, 9.17) is 9.84 Å². The summed E-state index contributed by atoms with van der Waals surface area (Å²) < 4.78 is 35.1. The fraction of sp³-hybridized carbons (Fsp3) is 0.192. The number of carbonyl (C=O) groups is 3. The summed E-state index contributed by atoms with van der Waals surface area (Å²) in [5.74, 6) is -7.37. The second-order valence-electron chi connectivity index (χ2n) is 7.91. The van der Waals surface area contributed by atoms with Gasteiger partial charge in [0.05, 0.1) is 11.6 Å². The van der Waals surface area contributed by atoms with Gasteiger partial charge in [0.2, 0.25) is 0 Å². The molecule has 0 saturated heterocycles. The fourth-order valence-electron chi connectivity index (χ4n) is 3.32. The standard InChI is InChI=1S/C26H24F2N2O6/c27-26(28,24(34)29-20-13-11-19(12-14-20)23(32)33)22(31)21(15-17-7-3-1-4-8-17)30-25(35)36-16-18-9-5-2-6-10-18/h1-14,21-22,31H,15-16H2,(H,29,34)(H,30,35)(H,32,33). The van der Waals surface area contributed by atoms with Crippen molar-refractivity contribution in [2.24, 2.45) is 0 Å². The van der Waals surface area contributed by atoms with Crippen LogP contribution in [0, 0.1) is 0 Å². The number of amides is 2. The van der Waals surface area contributed by atoms with Gasteiger partial charge in [0.1, 0.15) is 12.7 Å². The van der Waals surface area contributed by atoms with Crippen molar-refractivity contribution in [1.29, 1.82) is 0 Å². The maximum atomic E-state index is 15.0. The Bertz CT molecular complexity index is 1170. The molecule has 188 valence electrons. The zero-order valence-electron chi connectivity index (χ0n) is 18.9. The van der Waals surface area contributed by atoms with E-state index in [-0.39, 0.29) is 24.3 Å². The molecule has 4 N–H and O–H groups in total. The van der Waals surface area contributed by atoms with Crippen LogP contribution in [0.5, 0.6) is 0 Å². The normalized spacial score (nSPS) is 12.8. The summed E-state index contributed by atoms with van der Waals surface area (Å²) in [7, 11) is 0. The Morgan fingerprint density at radius 2 is 1.42 bits per heavy atom. The van der Waals surface area contributed by atoms with Gasteiger partial charge in [-0.15, -0.1) is 0 Å². The summed E-state index contributed by atoms with van der Waals surface area (Å²) in [5, 5.41) is 23.7. The predicted molar refractivity (Wildman–Crippen MR) is 127 cm³/mol. The van der Waals surface area contributed by atoms with Gasteiger partial charge in [-0.3, -0.25) is 4.79 Å². The molecule has 0 fully saturated rings. The van der Waals surface area contributed by atoms with Gasteiger partial charge in [-0.1, -0.05) is 60.7 Å². The van der Waals surface area contributed by atoms with Crippen LogP contribution in [-0.2, 0) is 22.6 Å². The molecule has 0 radical (unpaired) electrons. The number of rotatable bonds is 10. The number of halogens is 2. The van der Waals surface area contributed by atoms with Crippen LogP contribution in [0.1, 0.15) is 21.5 Å². The molecule has 3 aromatic carbocycles. The SMILES string of the molecule is O=C(NC(Cc1ccccc1)C(O)C(F)(F)C(=O)Nc1ccc(C(=O)O)cc1)OCc1ccccc1. The number of ether oxygens (including phenoxy) is 1. The van der Waals surface area contributed by atoms with Crippen LogP contribution < -0.4 is 10.6 Å². The van der Waals surface area contributed by atoms with Gasteiger partial charge in [-0.05, 0) is 41.8 Å². The lowest BCUT2D eigenvalue weighted by Gasteiger charge is -2.29. The number of aliphatic hydroxyl groups excluding tert-OH is 1. The Morgan fingerprint density at radius 3 is 1.97 bits per heavy atom. The van der Waals surface area contributed by atoms with Crippen molar-refractivity contribution in [2.45, 2.75) is 31.1 Å². The van der Waals surface area contributed by atoms with Crippen molar-refractivity contribution >= 4 is 23.7 Å². The van der Waals surface area contributed by atoms with Crippen molar-refractivity contribution in [1.82, 2.24) is 5.32 Å². The highest BCUT2D eigenvalue weighted by atomic mass is 19.3. The molecule has 0 aliphatic rings. The van der Waals surface area contributed by atoms with Gasteiger partial charge in [0, 0.05) is 5.69 Å². The first-order valence-corrected chi connectivity index (χ1v) is 10.9. The number of hydrogen-bond acceptors (Lipinski definition) is 5. The smallest absolute Gasteiger partial charge is 0.407 e. The van der Waals surface area contributed by atoms with Crippen LogP contribution in [0.3, 0.4) is 0 Å². The summed E-state index contributed by atoms with van der Waals surface area (Å²) in [6, 6.07) is 20.0. The van der Waals surface area contributed by atoms with Gasteiger partial charge < -0.3 is 25.6 Å². The van der Waals surface area contributed by atoms with E-state index < -0.39 is 36.0 Å². The molecule has 0 aliphatic heterocycles. The maximum absolute atomic E-state index is 15.0. The number of carboxylic acids is 1.